The zero-order valence-electron chi connectivity index (χ0n) is 18.6. The number of sulfonamides is 1. The average Bonchev–Trinajstić information content (AvgIpc) is 2.78. The van der Waals surface area contributed by atoms with E-state index in [2.05, 4.69) is 5.32 Å². The van der Waals surface area contributed by atoms with E-state index in [4.69, 9.17) is 4.74 Å². The number of carbonyl (C=O) groups is 1. The predicted molar refractivity (Wildman–Crippen MR) is 122 cm³/mol. The third-order valence-electron chi connectivity index (χ3n) is 5.31. The van der Waals surface area contributed by atoms with Crippen LogP contribution in [-0.4, -0.2) is 28.5 Å². The van der Waals surface area contributed by atoms with Gasteiger partial charge in [0.25, 0.3) is 15.9 Å². The molecule has 0 aliphatic carbocycles. The van der Waals surface area contributed by atoms with E-state index in [0.29, 0.717) is 17.0 Å². The van der Waals surface area contributed by atoms with Gasteiger partial charge >= 0.3 is 0 Å². The lowest BCUT2D eigenvalue weighted by atomic mass is 10.1. The van der Waals surface area contributed by atoms with Crippen molar-refractivity contribution in [1.29, 1.82) is 0 Å². The molecule has 0 fully saturated rings. The number of methoxy groups -OCH3 is 1. The second kappa shape index (κ2) is 9.58. The van der Waals surface area contributed by atoms with Crippen molar-refractivity contribution in [2.75, 3.05) is 18.5 Å². The summed E-state index contributed by atoms with van der Waals surface area (Å²) in [6, 6.07) is 13.2. The molecule has 0 spiro atoms. The van der Waals surface area contributed by atoms with Gasteiger partial charge in [-0.25, -0.2) is 17.2 Å². The summed E-state index contributed by atoms with van der Waals surface area (Å²) >= 11 is 0. The van der Waals surface area contributed by atoms with Gasteiger partial charge in [-0.2, -0.15) is 0 Å². The molecule has 9 heteroatoms. The van der Waals surface area contributed by atoms with E-state index in [9.17, 15) is 22.0 Å². The Hall–Kier alpha value is -3.46. The maximum atomic E-state index is 14.1. The van der Waals surface area contributed by atoms with Gasteiger partial charge in [0.05, 0.1) is 23.7 Å². The molecule has 33 heavy (non-hydrogen) atoms. The summed E-state index contributed by atoms with van der Waals surface area (Å²) in [5.41, 5.74) is 1.12. The number of anilines is 1. The number of para-hydroxylation sites is 2. The van der Waals surface area contributed by atoms with Gasteiger partial charge in [-0.15, -0.1) is 0 Å². The van der Waals surface area contributed by atoms with E-state index in [-0.39, 0.29) is 16.0 Å². The van der Waals surface area contributed by atoms with E-state index in [0.717, 1.165) is 16.4 Å². The van der Waals surface area contributed by atoms with Gasteiger partial charge in [0.1, 0.15) is 17.4 Å². The van der Waals surface area contributed by atoms with E-state index in [1.165, 1.54) is 38.4 Å². The molecule has 1 unspecified atom stereocenters. The monoisotopic (exact) mass is 474 g/mol. The van der Waals surface area contributed by atoms with Crippen LogP contribution in [0.2, 0.25) is 0 Å². The van der Waals surface area contributed by atoms with Gasteiger partial charge < -0.3 is 10.1 Å². The quantitative estimate of drug-likeness (QED) is 0.543. The highest BCUT2D eigenvalue weighted by Gasteiger charge is 2.26. The Kier molecular flexibility index (Phi) is 7.02. The molecular formula is C24H24F2N2O4S. The number of halogens is 2. The first kappa shape index (κ1) is 24.2. The maximum Gasteiger partial charge on any atom is 0.264 e. The topological polar surface area (TPSA) is 75.7 Å². The van der Waals surface area contributed by atoms with Crippen molar-refractivity contribution in [3.05, 3.63) is 89.0 Å². The molecule has 1 N–H and O–H groups in total. The van der Waals surface area contributed by atoms with Crippen LogP contribution in [0.3, 0.4) is 0 Å². The molecule has 0 saturated carbocycles. The van der Waals surface area contributed by atoms with Gasteiger partial charge in [0.15, 0.2) is 0 Å². The number of benzene rings is 3. The summed E-state index contributed by atoms with van der Waals surface area (Å²) in [5.74, 6) is -1.71. The summed E-state index contributed by atoms with van der Waals surface area (Å²) in [6.07, 6.45) is 0. The number of carbonyl (C=O) groups excluding carboxylic acids is 1. The van der Waals surface area contributed by atoms with Gasteiger partial charge in [-0.05, 0) is 49.7 Å². The number of ether oxygens (including phenoxy) is 1. The number of hydrogen-bond acceptors (Lipinski definition) is 4. The van der Waals surface area contributed by atoms with Crippen LogP contribution in [0.25, 0.3) is 0 Å². The Balaban J connectivity index is 1.91. The van der Waals surface area contributed by atoms with Crippen LogP contribution in [0.1, 0.15) is 34.5 Å². The van der Waals surface area contributed by atoms with Crippen molar-refractivity contribution in [1.82, 2.24) is 5.32 Å². The van der Waals surface area contributed by atoms with Gasteiger partial charge in [-0.3, -0.25) is 9.10 Å². The minimum atomic E-state index is -4.02. The average molecular weight is 475 g/mol. The Morgan fingerprint density at radius 1 is 1.06 bits per heavy atom. The number of aryl methyl sites for hydroxylation is 1. The molecule has 3 aromatic rings. The minimum Gasteiger partial charge on any atom is -0.495 e. The van der Waals surface area contributed by atoms with Crippen molar-refractivity contribution in [2.45, 2.75) is 24.8 Å². The molecule has 6 nitrogen and oxygen atoms in total. The molecule has 0 radical (unpaired) electrons. The molecule has 0 aliphatic rings. The fraction of sp³-hybridized carbons (Fsp3) is 0.208. The first-order valence-corrected chi connectivity index (χ1v) is 11.5. The Morgan fingerprint density at radius 2 is 1.76 bits per heavy atom. The molecule has 0 heterocycles. The smallest absolute Gasteiger partial charge is 0.264 e. The predicted octanol–water partition coefficient (Wildman–Crippen LogP) is 4.60. The lowest BCUT2D eigenvalue weighted by Gasteiger charge is -2.22. The van der Waals surface area contributed by atoms with Crippen molar-refractivity contribution in [3.8, 4) is 5.75 Å². The highest BCUT2D eigenvalue weighted by molar-refractivity contribution is 7.92. The molecule has 0 aliphatic heterocycles. The zero-order valence-corrected chi connectivity index (χ0v) is 19.4. The van der Waals surface area contributed by atoms with Crippen LogP contribution >= 0.6 is 0 Å². The summed E-state index contributed by atoms with van der Waals surface area (Å²) in [4.78, 5) is 12.8. The van der Waals surface area contributed by atoms with Crippen molar-refractivity contribution >= 4 is 21.6 Å². The lowest BCUT2D eigenvalue weighted by Crippen LogP contribution is -2.29. The number of hydrogen-bond donors (Lipinski definition) is 1. The standard InChI is InChI=1S/C24H24F2N2O4S/c1-15-9-11-18(33(30,31)28(3)22-7-5-6-8-23(22)32-4)14-20(15)24(29)27-16(2)19-12-10-17(25)13-21(19)26/h5-14,16H,1-4H3,(H,27,29). The van der Waals surface area contributed by atoms with Crippen LogP contribution < -0.4 is 14.4 Å². The van der Waals surface area contributed by atoms with Crippen LogP contribution in [0.5, 0.6) is 5.75 Å². The first-order valence-electron chi connectivity index (χ1n) is 10.0. The second-order valence-electron chi connectivity index (χ2n) is 7.48. The molecule has 3 aromatic carbocycles. The molecule has 1 amide bonds. The minimum absolute atomic E-state index is 0.0905. The number of amides is 1. The molecular weight excluding hydrogens is 450 g/mol. The maximum absolute atomic E-state index is 14.1. The second-order valence-corrected chi connectivity index (χ2v) is 9.45. The zero-order chi connectivity index (χ0) is 24.3. The molecule has 174 valence electrons. The van der Waals surface area contributed by atoms with Crippen LogP contribution in [0.4, 0.5) is 14.5 Å². The molecule has 0 saturated heterocycles. The van der Waals surface area contributed by atoms with Crippen molar-refractivity contribution in [3.63, 3.8) is 0 Å². The van der Waals surface area contributed by atoms with E-state index in [1.54, 1.807) is 38.1 Å². The highest BCUT2D eigenvalue weighted by atomic mass is 32.2. The van der Waals surface area contributed by atoms with Crippen molar-refractivity contribution < 1.29 is 26.7 Å². The Labute approximate surface area is 191 Å². The van der Waals surface area contributed by atoms with Gasteiger partial charge in [0.2, 0.25) is 0 Å². The molecule has 0 aromatic heterocycles. The van der Waals surface area contributed by atoms with E-state index in [1.807, 2.05) is 0 Å². The fourth-order valence-electron chi connectivity index (χ4n) is 3.39. The third-order valence-corrected chi connectivity index (χ3v) is 7.08. The lowest BCUT2D eigenvalue weighted by molar-refractivity contribution is 0.0938. The van der Waals surface area contributed by atoms with Crippen LogP contribution in [0.15, 0.2) is 65.6 Å². The number of nitrogens with one attached hydrogen (secondary N) is 1. The van der Waals surface area contributed by atoms with Gasteiger partial charge in [-0.1, -0.05) is 24.3 Å². The highest BCUT2D eigenvalue weighted by Crippen LogP contribution is 2.31. The summed E-state index contributed by atoms with van der Waals surface area (Å²) in [7, 11) is -1.18. The number of rotatable bonds is 7. The Bertz CT molecular complexity index is 1300. The van der Waals surface area contributed by atoms with E-state index >= 15 is 0 Å². The summed E-state index contributed by atoms with van der Waals surface area (Å²) in [5, 5.41) is 2.64. The number of nitrogens with zero attached hydrogens (tertiary/aromatic N) is 1. The normalized spacial score (nSPS) is 12.2. The molecule has 0 bridgehead atoms. The third kappa shape index (κ3) is 4.98. The summed E-state index contributed by atoms with van der Waals surface area (Å²) in [6.45, 7) is 3.22. The SMILES string of the molecule is COc1ccccc1N(C)S(=O)(=O)c1ccc(C)c(C(=O)NC(C)c2ccc(F)cc2F)c1. The van der Waals surface area contributed by atoms with Crippen LogP contribution in [0, 0.1) is 18.6 Å². The molecule has 1 atom stereocenters. The van der Waals surface area contributed by atoms with Crippen molar-refractivity contribution in [2.24, 2.45) is 0 Å². The van der Waals surface area contributed by atoms with Crippen LogP contribution in [-0.2, 0) is 10.0 Å². The summed E-state index contributed by atoms with van der Waals surface area (Å²) < 4.78 is 60.1. The fourth-order valence-corrected chi connectivity index (χ4v) is 4.62. The van der Waals surface area contributed by atoms with E-state index < -0.39 is 33.6 Å². The van der Waals surface area contributed by atoms with Gasteiger partial charge in [0, 0.05) is 24.2 Å². The first-order chi connectivity index (χ1) is 15.6. The molecule has 3 rings (SSSR count). The largest absolute Gasteiger partial charge is 0.495 e. The Morgan fingerprint density at radius 3 is 2.42 bits per heavy atom.